The molecule has 0 aromatic heterocycles. The molecule has 0 spiro atoms. The van der Waals surface area contributed by atoms with Gasteiger partial charge in [-0.15, -0.1) is 0 Å². The van der Waals surface area contributed by atoms with Crippen LogP contribution in [0.2, 0.25) is 5.02 Å². The molecule has 22 heavy (non-hydrogen) atoms. The van der Waals surface area contributed by atoms with Crippen molar-refractivity contribution >= 4 is 23.2 Å². The van der Waals surface area contributed by atoms with E-state index in [4.69, 9.17) is 16.3 Å². The van der Waals surface area contributed by atoms with Crippen LogP contribution < -0.4 is 15.0 Å². The molecule has 5 heteroatoms. The Morgan fingerprint density at radius 2 is 1.95 bits per heavy atom. The number of fused-ring (bicyclic) bond motifs is 1. The maximum Gasteiger partial charge on any atom is 0.252 e. The Kier molecular flexibility index (Phi) is 4.49. The van der Waals surface area contributed by atoms with E-state index in [-0.39, 0.29) is 5.91 Å². The molecule has 1 heterocycles. The van der Waals surface area contributed by atoms with Gasteiger partial charge in [0.25, 0.3) is 5.91 Å². The molecule has 0 fully saturated rings. The third kappa shape index (κ3) is 3.17. The van der Waals surface area contributed by atoms with Gasteiger partial charge in [0.2, 0.25) is 0 Å². The summed E-state index contributed by atoms with van der Waals surface area (Å²) in [4.78, 5) is 14.3. The minimum Gasteiger partial charge on any atom is -0.490 e. The van der Waals surface area contributed by atoms with E-state index in [2.05, 4.69) is 10.2 Å². The summed E-state index contributed by atoms with van der Waals surface area (Å²) in [5, 5.41) is 3.38. The van der Waals surface area contributed by atoms with Gasteiger partial charge < -0.3 is 15.0 Å². The highest BCUT2D eigenvalue weighted by atomic mass is 35.5. The summed E-state index contributed by atoms with van der Waals surface area (Å²) in [7, 11) is 0. The number of amides is 1. The number of benzene rings is 2. The van der Waals surface area contributed by atoms with Gasteiger partial charge >= 0.3 is 0 Å². The average Bonchev–Trinajstić information content (AvgIpc) is 2.55. The molecule has 0 saturated heterocycles. The third-order valence-corrected chi connectivity index (χ3v) is 3.94. The van der Waals surface area contributed by atoms with Crippen LogP contribution in [-0.2, 0) is 0 Å². The Bertz CT molecular complexity index is 675. The monoisotopic (exact) mass is 316 g/mol. The van der Waals surface area contributed by atoms with E-state index in [1.165, 1.54) is 0 Å². The maximum atomic E-state index is 12.1. The van der Waals surface area contributed by atoms with Gasteiger partial charge in [0.05, 0.1) is 22.8 Å². The molecule has 0 saturated carbocycles. The van der Waals surface area contributed by atoms with Gasteiger partial charge in [0.1, 0.15) is 12.4 Å². The first-order chi connectivity index (χ1) is 10.8. The minimum absolute atomic E-state index is 0.146. The number of halogens is 1. The lowest BCUT2D eigenvalue weighted by atomic mass is 10.2. The lowest BCUT2D eigenvalue weighted by molar-refractivity contribution is 0.0954. The highest BCUT2D eigenvalue weighted by Gasteiger charge is 2.17. The topological polar surface area (TPSA) is 41.6 Å². The third-order valence-electron chi connectivity index (χ3n) is 3.61. The molecule has 2 aromatic carbocycles. The lowest BCUT2D eigenvalue weighted by Gasteiger charge is -2.31. The Balaban J connectivity index is 1.58. The molecule has 114 valence electrons. The molecule has 2 aromatic rings. The molecule has 4 nitrogen and oxygen atoms in total. The van der Waals surface area contributed by atoms with Crippen molar-refractivity contribution in [3.8, 4) is 5.75 Å². The standard InChI is InChI=1S/C17H17ClN2O2/c18-14-6-2-1-5-13(14)17(21)19-9-10-20-11-12-22-16-8-4-3-7-15(16)20/h1-8H,9-12H2,(H,19,21). The first kappa shape index (κ1) is 14.7. The molecule has 0 unspecified atom stereocenters. The zero-order valence-electron chi connectivity index (χ0n) is 12.1. The van der Waals surface area contributed by atoms with Gasteiger partial charge in [-0.2, -0.15) is 0 Å². The van der Waals surface area contributed by atoms with Crippen LogP contribution >= 0.6 is 11.6 Å². The van der Waals surface area contributed by atoms with E-state index in [0.717, 1.165) is 24.5 Å². The lowest BCUT2D eigenvalue weighted by Crippen LogP contribution is -2.39. The number of nitrogens with zero attached hydrogens (tertiary/aromatic N) is 1. The number of carbonyl (C=O) groups is 1. The van der Waals surface area contributed by atoms with Crippen molar-refractivity contribution in [1.82, 2.24) is 5.32 Å². The van der Waals surface area contributed by atoms with Gasteiger partial charge in [0.15, 0.2) is 0 Å². The molecule has 1 amide bonds. The molecule has 1 N–H and O–H groups in total. The van der Waals surface area contributed by atoms with Crippen LogP contribution in [0.3, 0.4) is 0 Å². The van der Waals surface area contributed by atoms with Gasteiger partial charge in [0, 0.05) is 13.1 Å². The highest BCUT2D eigenvalue weighted by Crippen LogP contribution is 2.30. The van der Waals surface area contributed by atoms with Crippen molar-refractivity contribution in [2.45, 2.75) is 0 Å². The molecule has 1 aliphatic rings. The molecule has 0 atom stereocenters. The summed E-state index contributed by atoms with van der Waals surface area (Å²) in [6.07, 6.45) is 0. The van der Waals surface area contributed by atoms with Gasteiger partial charge in [-0.3, -0.25) is 4.79 Å². The second-order valence-electron chi connectivity index (χ2n) is 5.04. The van der Waals surface area contributed by atoms with Crippen molar-refractivity contribution in [2.24, 2.45) is 0 Å². The quantitative estimate of drug-likeness (QED) is 0.943. The first-order valence-corrected chi connectivity index (χ1v) is 7.63. The summed E-state index contributed by atoms with van der Waals surface area (Å²) in [5.41, 5.74) is 1.58. The van der Waals surface area contributed by atoms with E-state index in [1.54, 1.807) is 18.2 Å². The number of hydrogen-bond acceptors (Lipinski definition) is 3. The molecule has 0 bridgehead atoms. The van der Waals surface area contributed by atoms with E-state index >= 15 is 0 Å². The Morgan fingerprint density at radius 1 is 1.18 bits per heavy atom. The number of hydrogen-bond donors (Lipinski definition) is 1. The second kappa shape index (κ2) is 6.71. The minimum atomic E-state index is -0.146. The fourth-order valence-electron chi connectivity index (χ4n) is 2.50. The first-order valence-electron chi connectivity index (χ1n) is 7.25. The fraction of sp³-hybridized carbons (Fsp3) is 0.235. The van der Waals surface area contributed by atoms with Crippen molar-refractivity contribution in [1.29, 1.82) is 0 Å². The van der Waals surface area contributed by atoms with Crippen LogP contribution in [0.1, 0.15) is 10.4 Å². The number of nitrogens with one attached hydrogen (secondary N) is 1. The van der Waals surface area contributed by atoms with Crippen LogP contribution in [0, 0.1) is 0 Å². The molecule has 1 aliphatic heterocycles. The number of rotatable bonds is 4. The number of carbonyl (C=O) groups excluding carboxylic acids is 1. The predicted molar refractivity (Wildman–Crippen MR) is 87.9 cm³/mol. The van der Waals surface area contributed by atoms with Crippen molar-refractivity contribution in [2.75, 3.05) is 31.1 Å². The van der Waals surface area contributed by atoms with E-state index in [1.807, 2.05) is 30.3 Å². The van der Waals surface area contributed by atoms with E-state index < -0.39 is 0 Å². The van der Waals surface area contributed by atoms with Crippen LogP contribution in [0.15, 0.2) is 48.5 Å². The Morgan fingerprint density at radius 3 is 2.82 bits per heavy atom. The maximum absolute atomic E-state index is 12.1. The molecular formula is C17H17ClN2O2. The van der Waals surface area contributed by atoms with Crippen molar-refractivity contribution in [3.63, 3.8) is 0 Å². The summed E-state index contributed by atoms with van der Waals surface area (Å²) >= 11 is 6.03. The predicted octanol–water partition coefficient (Wildman–Crippen LogP) is 2.97. The van der Waals surface area contributed by atoms with Gasteiger partial charge in [-0.25, -0.2) is 0 Å². The molecule has 0 aliphatic carbocycles. The molecule has 3 rings (SSSR count). The number of para-hydroxylation sites is 2. The Hall–Kier alpha value is -2.20. The van der Waals surface area contributed by atoms with E-state index in [9.17, 15) is 4.79 Å². The largest absolute Gasteiger partial charge is 0.490 e. The normalized spacial score (nSPS) is 13.2. The summed E-state index contributed by atoms with van der Waals surface area (Å²) in [5.74, 6) is 0.748. The summed E-state index contributed by atoms with van der Waals surface area (Å²) in [6, 6.07) is 15.0. The fourth-order valence-corrected chi connectivity index (χ4v) is 2.73. The highest BCUT2D eigenvalue weighted by molar-refractivity contribution is 6.33. The summed E-state index contributed by atoms with van der Waals surface area (Å²) in [6.45, 7) is 2.77. The molecular weight excluding hydrogens is 300 g/mol. The average molecular weight is 317 g/mol. The van der Waals surface area contributed by atoms with Crippen molar-refractivity contribution in [3.05, 3.63) is 59.1 Å². The number of ether oxygens (including phenoxy) is 1. The van der Waals surface area contributed by atoms with Gasteiger partial charge in [-0.1, -0.05) is 35.9 Å². The second-order valence-corrected chi connectivity index (χ2v) is 5.45. The van der Waals surface area contributed by atoms with Crippen LogP contribution in [0.25, 0.3) is 0 Å². The zero-order chi connectivity index (χ0) is 15.4. The SMILES string of the molecule is O=C(NCCN1CCOc2ccccc21)c1ccccc1Cl. The molecule has 0 radical (unpaired) electrons. The van der Waals surface area contributed by atoms with Crippen LogP contribution in [0.5, 0.6) is 5.75 Å². The smallest absolute Gasteiger partial charge is 0.252 e. The van der Waals surface area contributed by atoms with Crippen molar-refractivity contribution < 1.29 is 9.53 Å². The zero-order valence-corrected chi connectivity index (χ0v) is 12.8. The summed E-state index contributed by atoms with van der Waals surface area (Å²) < 4.78 is 5.62. The van der Waals surface area contributed by atoms with Crippen LogP contribution in [0.4, 0.5) is 5.69 Å². The Labute approximate surface area is 134 Å². The van der Waals surface area contributed by atoms with E-state index in [0.29, 0.717) is 23.7 Å². The van der Waals surface area contributed by atoms with Gasteiger partial charge in [-0.05, 0) is 24.3 Å². The number of anilines is 1. The van der Waals surface area contributed by atoms with Crippen LogP contribution in [-0.4, -0.2) is 32.1 Å².